The Labute approximate surface area is 215 Å². The lowest BCUT2D eigenvalue weighted by Gasteiger charge is -2.13. The molecule has 0 saturated heterocycles. The van der Waals surface area contributed by atoms with E-state index in [0.717, 1.165) is 12.8 Å². The Morgan fingerprint density at radius 1 is 0.667 bits per heavy atom. The van der Waals surface area contributed by atoms with Gasteiger partial charge in [-0.3, -0.25) is 19.3 Å². The highest BCUT2D eigenvalue weighted by molar-refractivity contribution is 6.21. The highest BCUT2D eigenvalue weighted by atomic mass is 16.6. The van der Waals surface area contributed by atoms with E-state index in [4.69, 9.17) is 18.9 Å². The van der Waals surface area contributed by atoms with Crippen molar-refractivity contribution >= 4 is 17.8 Å². The zero-order chi connectivity index (χ0) is 25.8. The van der Waals surface area contributed by atoms with E-state index >= 15 is 0 Å². The first-order valence-corrected chi connectivity index (χ1v) is 13.5. The van der Waals surface area contributed by atoms with Crippen LogP contribution in [0.15, 0.2) is 24.3 Å². The van der Waals surface area contributed by atoms with Crippen molar-refractivity contribution in [3.05, 3.63) is 35.4 Å². The monoisotopic (exact) mass is 505 g/mol. The van der Waals surface area contributed by atoms with Crippen LogP contribution in [0.3, 0.4) is 0 Å². The summed E-state index contributed by atoms with van der Waals surface area (Å²) in [6.45, 7) is 4.88. The zero-order valence-electron chi connectivity index (χ0n) is 21.8. The van der Waals surface area contributed by atoms with Crippen molar-refractivity contribution in [1.82, 2.24) is 4.90 Å². The summed E-state index contributed by atoms with van der Waals surface area (Å²) < 4.78 is 21.5. The third-order valence-electron chi connectivity index (χ3n) is 6.06. The van der Waals surface area contributed by atoms with Crippen LogP contribution < -0.4 is 0 Å². The summed E-state index contributed by atoms with van der Waals surface area (Å²) in [5.41, 5.74) is 0.888. The van der Waals surface area contributed by atoms with Gasteiger partial charge in [0.25, 0.3) is 11.8 Å². The molecule has 36 heavy (non-hydrogen) atoms. The fourth-order valence-corrected chi connectivity index (χ4v) is 4.01. The molecule has 0 bridgehead atoms. The van der Waals surface area contributed by atoms with Crippen LogP contribution in [0.1, 0.15) is 91.8 Å². The molecule has 0 aliphatic carbocycles. The van der Waals surface area contributed by atoms with Gasteiger partial charge < -0.3 is 18.9 Å². The van der Waals surface area contributed by atoms with Crippen molar-refractivity contribution in [3.63, 3.8) is 0 Å². The number of hydrogen-bond donors (Lipinski definition) is 0. The fourth-order valence-electron chi connectivity index (χ4n) is 4.01. The summed E-state index contributed by atoms with van der Waals surface area (Å²) in [5.74, 6) is -0.709. The Morgan fingerprint density at radius 3 is 1.69 bits per heavy atom. The maximum absolute atomic E-state index is 12.3. The van der Waals surface area contributed by atoms with Gasteiger partial charge >= 0.3 is 5.97 Å². The molecule has 1 heterocycles. The molecule has 2 amide bonds. The highest BCUT2D eigenvalue weighted by Gasteiger charge is 2.34. The van der Waals surface area contributed by atoms with Gasteiger partial charge in [-0.15, -0.1) is 0 Å². The molecule has 1 aromatic carbocycles. The van der Waals surface area contributed by atoms with E-state index in [1.165, 1.54) is 49.8 Å². The Morgan fingerprint density at radius 2 is 1.14 bits per heavy atom. The zero-order valence-corrected chi connectivity index (χ0v) is 21.8. The van der Waals surface area contributed by atoms with Gasteiger partial charge in [-0.25, -0.2) is 0 Å². The van der Waals surface area contributed by atoms with E-state index in [-0.39, 0.29) is 37.5 Å². The standard InChI is InChI=1S/C28H43NO7/c1-2-3-4-5-6-7-8-9-10-15-26(30)36-23-22-35-21-20-34-19-18-33-17-16-29-27(31)24-13-11-12-14-25(24)28(29)32/h11-14H,2-10,15-23H2,1H3. The number of amides is 2. The summed E-state index contributed by atoms with van der Waals surface area (Å²) in [4.78, 5) is 37.5. The lowest BCUT2D eigenvalue weighted by molar-refractivity contribution is -0.145. The summed E-state index contributed by atoms with van der Waals surface area (Å²) >= 11 is 0. The van der Waals surface area contributed by atoms with Crippen LogP contribution in [-0.4, -0.2) is 75.5 Å². The van der Waals surface area contributed by atoms with Gasteiger partial charge in [-0.05, 0) is 18.6 Å². The van der Waals surface area contributed by atoms with Gasteiger partial charge in [-0.2, -0.15) is 0 Å². The van der Waals surface area contributed by atoms with Crippen LogP contribution in [0.25, 0.3) is 0 Å². The number of rotatable bonds is 22. The molecule has 1 aliphatic heterocycles. The Balaban J connectivity index is 1.31. The number of hydrogen-bond acceptors (Lipinski definition) is 7. The quantitative estimate of drug-likeness (QED) is 0.127. The third-order valence-corrected chi connectivity index (χ3v) is 6.06. The summed E-state index contributed by atoms with van der Waals surface area (Å²) in [5, 5.41) is 0. The summed E-state index contributed by atoms with van der Waals surface area (Å²) in [6, 6.07) is 6.82. The molecule has 0 radical (unpaired) electrons. The van der Waals surface area contributed by atoms with Crippen LogP contribution in [0.5, 0.6) is 0 Å². The lowest BCUT2D eigenvalue weighted by Crippen LogP contribution is -2.33. The molecule has 1 aromatic rings. The number of esters is 1. The van der Waals surface area contributed by atoms with Crippen LogP contribution in [0.2, 0.25) is 0 Å². The minimum atomic E-state index is -0.276. The molecule has 202 valence electrons. The van der Waals surface area contributed by atoms with Gasteiger partial charge in [0.2, 0.25) is 0 Å². The second-order valence-electron chi connectivity index (χ2n) is 8.94. The second-order valence-corrected chi connectivity index (χ2v) is 8.94. The lowest BCUT2D eigenvalue weighted by atomic mass is 10.1. The van der Waals surface area contributed by atoms with E-state index in [1.54, 1.807) is 24.3 Å². The average molecular weight is 506 g/mol. The topological polar surface area (TPSA) is 91.4 Å². The van der Waals surface area contributed by atoms with Crippen molar-refractivity contribution in [2.75, 3.05) is 52.8 Å². The molecule has 8 heteroatoms. The number of benzene rings is 1. The largest absolute Gasteiger partial charge is 0.463 e. The van der Waals surface area contributed by atoms with Crippen molar-refractivity contribution in [3.8, 4) is 0 Å². The van der Waals surface area contributed by atoms with Crippen LogP contribution in [0.4, 0.5) is 0 Å². The van der Waals surface area contributed by atoms with Gasteiger partial charge in [0.05, 0.1) is 57.3 Å². The molecule has 0 N–H and O–H groups in total. The highest BCUT2D eigenvalue weighted by Crippen LogP contribution is 2.21. The Hall–Kier alpha value is -2.29. The molecule has 0 unspecified atom stereocenters. The molecule has 8 nitrogen and oxygen atoms in total. The Bertz CT molecular complexity index is 748. The number of ether oxygens (including phenoxy) is 4. The molecule has 0 atom stereocenters. The Kier molecular flexibility index (Phi) is 15.7. The molecular formula is C28H43NO7. The summed E-state index contributed by atoms with van der Waals surface area (Å²) in [7, 11) is 0. The molecule has 1 aliphatic rings. The van der Waals surface area contributed by atoms with Crippen LogP contribution >= 0.6 is 0 Å². The number of carbonyl (C=O) groups is 3. The maximum atomic E-state index is 12.3. The van der Waals surface area contributed by atoms with E-state index in [1.807, 2.05) is 0 Å². The fraction of sp³-hybridized carbons (Fsp3) is 0.679. The first-order valence-electron chi connectivity index (χ1n) is 13.5. The molecule has 0 spiro atoms. The minimum absolute atomic E-state index is 0.156. The van der Waals surface area contributed by atoms with Gasteiger partial charge in [0.1, 0.15) is 6.61 Å². The van der Waals surface area contributed by atoms with Crippen molar-refractivity contribution in [2.45, 2.75) is 71.1 Å². The number of carbonyl (C=O) groups excluding carboxylic acids is 3. The van der Waals surface area contributed by atoms with Crippen molar-refractivity contribution in [2.24, 2.45) is 0 Å². The SMILES string of the molecule is CCCCCCCCCCCC(=O)OCCOCCOCCOCCN1C(=O)c2ccccc2C1=O. The second kappa shape index (κ2) is 18.9. The van der Waals surface area contributed by atoms with E-state index in [9.17, 15) is 14.4 Å². The number of fused-ring (bicyclic) bond motifs is 1. The maximum Gasteiger partial charge on any atom is 0.305 e. The van der Waals surface area contributed by atoms with Gasteiger partial charge in [0.15, 0.2) is 0 Å². The first kappa shape index (κ1) is 29.9. The molecular weight excluding hydrogens is 462 g/mol. The molecule has 0 fully saturated rings. The van der Waals surface area contributed by atoms with Crippen molar-refractivity contribution < 1.29 is 33.3 Å². The molecule has 0 saturated carbocycles. The minimum Gasteiger partial charge on any atom is -0.463 e. The van der Waals surface area contributed by atoms with Crippen molar-refractivity contribution in [1.29, 1.82) is 0 Å². The van der Waals surface area contributed by atoms with E-state index in [2.05, 4.69) is 6.92 Å². The predicted octanol–water partition coefficient (Wildman–Crippen LogP) is 4.80. The van der Waals surface area contributed by atoms with E-state index in [0.29, 0.717) is 50.6 Å². The number of imide groups is 1. The average Bonchev–Trinajstić information content (AvgIpc) is 3.13. The number of nitrogens with zero attached hydrogens (tertiary/aromatic N) is 1. The predicted molar refractivity (Wildman–Crippen MR) is 137 cm³/mol. The molecule has 2 rings (SSSR count). The summed E-state index contributed by atoms with van der Waals surface area (Å²) in [6.07, 6.45) is 11.5. The van der Waals surface area contributed by atoms with Gasteiger partial charge in [-0.1, -0.05) is 70.4 Å². The number of unbranched alkanes of at least 4 members (excludes halogenated alkanes) is 8. The normalized spacial score (nSPS) is 12.9. The van der Waals surface area contributed by atoms with Crippen LogP contribution in [-0.2, 0) is 23.7 Å². The van der Waals surface area contributed by atoms with Gasteiger partial charge in [0, 0.05) is 6.42 Å². The van der Waals surface area contributed by atoms with Crippen LogP contribution in [0, 0.1) is 0 Å². The van der Waals surface area contributed by atoms with E-state index < -0.39 is 0 Å². The molecule has 0 aromatic heterocycles. The third kappa shape index (κ3) is 11.6. The smallest absolute Gasteiger partial charge is 0.305 e. The first-order chi connectivity index (χ1) is 17.6.